The molecule has 2 aliphatic rings. The molecule has 0 bridgehead atoms. The van der Waals surface area contributed by atoms with Gasteiger partial charge in [0.2, 0.25) is 5.91 Å². The summed E-state index contributed by atoms with van der Waals surface area (Å²) < 4.78 is 10.8. The van der Waals surface area contributed by atoms with Gasteiger partial charge >= 0.3 is 0 Å². The minimum absolute atomic E-state index is 0.0249. The van der Waals surface area contributed by atoms with Crippen molar-refractivity contribution >= 4 is 22.5 Å². The van der Waals surface area contributed by atoms with E-state index in [2.05, 4.69) is 11.8 Å². The van der Waals surface area contributed by atoms with E-state index in [9.17, 15) is 4.79 Å². The standard InChI is InChI=1S/C24H34N4O3/c1-16(27-9-5-4-6-10-27)24(29)28-11-7-17(8-12-28)23-19(25)13-18-14-21(30-2)22(31-3)15-20(18)26-23/h13-17H,4-12,25H2,1-3H3. The largest absolute Gasteiger partial charge is 0.493 e. The van der Waals surface area contributed by atoms with Gasteiger partial charge in [-0.15, -0.1) is 0 Å². The monoisotopic (exact) mass is 426 g/mol. The van der Waals surface area contributed by atoms with Crippen LogP contribution in [0.4, 0.5) is 5.69 Å². The van der Waals surface area contributed by atoms with Gasteiger partial charge in [0.1, 0.15) is 0 Å². The summed E-state index contributed by atoms with van der Waals surface area (Å²) in [5, 5.41) is 0.932. The lowest BCUT2D eigenvalue weighted by atomic mass is 9.91. The molecule has 0 radical (unpaired) electrons. The number of piperidine rings is 2. The molecule has 1 aromatic heterocycles. The Hall–Kier alpha value is -2.54. The molecule has 2 aromatic rings. The number of benzene rings is 1. The van der Waals surface area contributed by atoms with Crippen LogP contribution in [0.25, 0.3) is 10.9 Å². The number of carbonyl (C=O) groups excluding carboxylic acids is 1. The van der Waals surface area contributed by atoms with Gasteiger partial charge in [-0.2, -0.15) is 0 Å². The van der Waals surface area contributed by atoms with Crippen molar-refractivity contribution in [2.75, 3.05) is 46.1 Å². The molecule has 2 aliphatic heterocycles. The third-order valence-corrected chi connectivity index (χ3v) is 6.87. The molecule has 7 nitrogen and oxygen atoms in total. The van der Waals surface area contributed by atoms with Gasteiger partial charge in [-0.05, 0) is 57.8 Å². The van der Waals surface area contributed by atoms with E-state index in [4.69, 9.17) is 20.2 Å². The molecule has 0 aliphatic carbocycles. The molecule has 1 amide bonds. The van der Waals surface area contributed by atoms with Gasteiger partial charge in [-0.1, -0.05) is 6.42 Å². The number of nitrogens with two attached hydrogens (primary N) is 1. The van der Waals surface area contributed by atoms with E-state index in [1.54, 1.807) is 14.2 Å². The Morgan fingerprint density at radius 2 is 1.68 bits per heavy atom. The predicted octanol–water partition coefficient (Wildman–Crippen LogP) is 3.41. The van der Waals surface area contributed by atoms with Crippen molar-refractivity contribution in [2.24, 2.45) is 0 Å². The van der Waals surface area contributed by atoms with Gasteiger partial charge in [0.15, 0.2) is 11.5 Å². The maximum Gasteiger partial charge on any atom is 0.239 e. The van der Waals surface area contributed by atoms with Crippen molar-refractivity contribution in [3.63, 3.8) is 0 Å². The van der Waals surface area contributed by atoms with Crippen LogP contribution in [0.1, 0.15) is 50.6 Å². The molecule has 168 valence electrons. The Kier molecular flexibility index (Phi) is 6.51. The fourth-order valence-corrected chi connectivity index (χ4v) is 4.96. The zero-order valence-corrected chi connectivity index (χ0v) is 18.9. The Balaban J connectivity index is 1.46. The van der Waals surface area contributed by atoms with E-state index in [1.807, 2.05) is 23.1 Å². The number of methoxy groups -OCH3 is 2. The maximum absolute atomic E-state index is 13.0. The van der Waals surface area contributed by atoms with E-state index in [1.165, 1.54) is 19.3 Å². The van der Waals surface area contributed by atoms with Gasteiger partial charge in [0.05, 0.1) is 37.2 Å². The van der Waals surface area contributed by atoms with Gasteiger partial charge in [0.25, 0.3) is 0 Å². The van der Waals surface area contributed by atoms with Crippen molar-refractivity contribution < 1.29 is 14.3 Å². The summed E-state index contributed by atoms with van der Waals surface area (Å²) in [5.41, 5.74) is 8.87. The van der Waals surface area contributed by atoms with Crippen LogP contribution in [0.15, 0.2) is 18.2 Å². The SMILES string of the molecule is COc1cc2cc(N)c(C3CCN(C(=O)C(C)N4CCCCC4)CC3)nc2cc1OC. The summed E-state index contributed by atoms with van der Waals surface area (Å²) in [7, 11) is 3.25. The molecule has 2 fully saturated rings. The third kappa shape index (κ3) is 4.42. The highest BCUT2D eigenvalue weighted by atomic mass is 16.5. The number of anilines is 1. The second-order valence-electron chi connectivity index (χ2n) is 8.73. The molecule has 3 heterocycles. The van der Waals surface area contributed by atoms with Crippen LogP contribution in [0.2, 0.25) is 0 Å². The number of fused-ring (bicyclic) bond motifs is 1. The second kappa shape index (κ2) is 9.30. The van der Waals surface area contributed by atoms with E-state index in [-0.39, 0.29) is 17.9 Å². The Bertz CT molecular complexity index is 934. The molecule has 0 spiro atoms. The molecule has 1 aromatic carbocycles. The molecular weight excluding hydrogens is 392 g/mol. The van der Waals surface area contributed by atoms with E-state index in [0.29, 0.717) is 17.2 Å². The summed E-state index contributed by atoms with van der Waals surface area (Å²) >= 11 is 0. The van der Waals surface area contributed by atoms with Crippen LogP contribution in [-0.4, -0.2) is 67.1 Å². The Morgan fingerprint density at radius 1 is 1.03 bits per heavy atom. The average molecular weight is 427 g/mol. The number of hydrogen-bond acceptors (Lipinski definition) is 6. The quantitative estimate of drug-likeness (QED) is 0.789. The Morgan fingerprint density at radius 3 is 2.32 bits per heavy atom. The molecule has 1 atom stereocenters. The van der Waals surface area contributed by atoms with Crippen LogP contribution in [-0.2, 0) is 4.79 Å². The number of pyridine rings is 1. The van der Waals surface area contributed by atoms with Crippen LogP contribution in [0.5, 0.6) is 11.5 Å². The average Bonchev–Trinajstić information content (AvgIpc) is 2.82. The van der Waals surface area contributed by atoms with Gasteiger partial charge in [-0.25, -0.2) is 0 Å². The number of rotatable bonds is 5. The highest BCUT2D eigenvalue weighted by molar-refractivity contribution is 5.86. The predicted molar refractivity (Wildman–Crippen MR) is 123 cm³/mol. The first-order valence-corrected chi connectivity index (χ1v) is 11.4. The van der Waals surface area contributed by atoms with Crippen LogP contribution in [0.3, 0.4) is 0 Å². The van der Waals surface area contributed by atoms with Crippen LogP contribution < -0.4 is 15.2 Å². The first-order chi connectivity index (χ1) is 15.0. The first-order valence-electron chi connectivity index (χ1n) is 11.4. The number of aromatic nitrogens is 1. The van der Waals surface area contributed by atoms with Crippen molar-refractivity contribution in [3.8, 4) is 11.5 Å². The number of likely N-dealkylation sites (tertiary alicyclic amines) is 2. The minimum atomic E-state index is -0.0249. The first kappa shape index (κ1) is 21.7. The fourth-order valence-electron chi connectivity index (χ4n) is 4.96. The number of nitrogens with zero attached hydrogens (tertiary/aromatic N) is 3. The van der Waals surface area contributed by atoms with Crippen LogP contribution in [0, 0.1) is 0 Å². The van der Waals surface area contributed by atoms with E-state index >= 15 is 0 Å². The second-order valence-corrected chi connectivity index (χ2v) is 8.73. The molecule has 4 rings (SSSR count). The van der Waals surface area contributed by atoms with Gasteiger partial charge in [-0.3, -0.25) is 14.7 Å². The molecule has 0 saturated carbocycles. The third-order valence-electron chi connectivity index (χ3n) is 6.87. The summed E-state index contributed by atoms with van der Waals surface area (Å²) in [5.74, 6) is 1.84. The van der Waals surface area contributed by atoms with Crippen molar-refractivity contribution in [2.45, 2.75) is 51.0 Å². The van der Waals surface area contributed by atoms with Gasteiger partial charge in [0, 0.05) is 30.5 Å². The zero-order valence-electron chi connectivity index (χ0n) is 18.9. The lowest BCUT2D eigenvalue weighted by molar-refractivity contribution is -0.137. The fraction of sp³-hybridized carbons (Fsp3) is 0.583. The molecule has 2 N–H and O–H groups in total. The van der Waals surface area contributed by atoms with E-state index in [0.717, 1.165) is 55.6 Å². The number of amides is 1. The number of carbonyl (C=O) groups is 1. The topological polar surface area (TPSA) is 80.9 Å². The van der Waals surface area contributed by atoms with Crippen molar-refractivity contribution in [1.29, 1.82) is 0 Å². The highest BCUT2D eigenvalue weighted by Gasteiger charge is 2.31. The molecular formula is C24H34N4O3. The normalized spacial score (nSPS) is 19.4. The summed E-state index contributed by atoms with van der Waals surface area (Å²) in [6.07, 6.45) is 5.44. The summed E-state index contributed by atoms with van der Waals surface area (Å²) in [6.45, 7) is 5.65. The molecule has 31 heavy (non-hydrogen) atoms. The lowest BCUT2D eigenvalue weighted by Crippen LogP contribution is -2.50. The Labute approximate surface area is 184 Å². The minimum Gasteiger partial charge on any atom is -0.493 e. The smallest absolute Gasteiger partial charge is 0.239 e. The molecule has 1 unspecified atom stereocenters. The molecule has 7 heteroatoms. The number of ether oxygens (including phenoxy) is 2. The summed E-state index contributed by atoms with van der Waals surface area (Å²) in [4.78, 5) is 22.3. The number of nitrogen functional groups attached to an aromatic ring is 1. The maximum atomic E-state index is 13.0. The van der Waals surface area contributed by atoms with E-state index < -0.39 is 0 Å². The highest BCUT2D eigenvalue weighted by Crippen LogP contribution is 2.36. The van der Waals surface area contributed by atoms with Crippen LogP contribution >= 0.6 is 0 Å². The lowest BCUT2D eigenvalue weighted by Gasteiger charge is -2.38. The number of hydrogen-bond donors (Lipinski definition) is 1. The summed E-state index contributed by atoms with van der Waals surface area (Å²) in [6, 6.07) is 5.75. The zero-order chi connectivity index (χ0) is 22.0. The molecule has 2 saturated heterocycles. The van der Waals surface area contributed by atoms with Crippen molar-refractivity contribution in [1.82, 2.24) is 14.8 Å². The van der Waals surface area contributed by atoms with Gasteiger partial charge < -0.3 is 20.1 Å². The van der Waals surface area contributed by atoms with Crippen molar-refractivity contribution in [3.05, 3.63) is 23.9 Å².